The van der Waals surface area contributed by atoms with Crippen molar-refractivity contribution in [2.75, 3.05) is 56.5 Å². The molecule has 2 heterocycles. The Balaban J connectivity index is 1.38. The predicted molar refractivity (Wildman–Crippen MR) is 128 cm³/mol. The lowest BCUT2D eigenvalue weighted by Gasteiger charge is -2.34. The molecule has 0 unspecified atom stereocenters. The minimum absolute atomic E-state index is 0.243. The zero-order valence-electron chi connectivity index (χ0n) is 18.7. The SMILES string of the molecule is CN1CCN(c2ccc(NC(=O)c3ccc(S(=O)(=O)N4CCCCCC4)cc3)cc2)CC1. The molecule has 0 saturated carbocycles. The summed E-state index contributed by atoms with van der Waals surface area (Å²) in [5, 5.41) is 2.90. The van der Waals surface area contributed by atoms with Gasteiger partial charge in [0.25, 0.3) is 5.91 Å². The molecule has 32 heavy (non-hydrogen) atoms. The number of piperazine rings is 1. The summed E-state index contributed by atoms with van der Waals surface area (Å²) >= 11 is 0. The number of rotatable bonds is 5. The largest absolute Gasteiger partial charge is 0.369 e. The van der Waals surface area contributed by atoms with Gasteiger partial charge < -0.3 is 15.1 Å². The number of sulfonamides is 1. The maximum absolute atomic E-state index is 12.9. The Labute approximate surface area is 191 Å². The lowest BCUT2D eigenvalue weighted by molar-refractivity contribution is 0.102. The first-order valence-electron chi connectivity index (χ1n) is 11.4. The second kappa shape index (κ2) is 10.0. The lowest BCUT2D eigenvalue weighted by Crippen LogP contribution is -2.44. The van der Waals surface area contributed by atoms with E-state index in [1.54, 1.807) is 16.4 Å². The zero-order valence-corrected chi connectivity index (χ0v) is 19.5. The highest BCUT2D eigenvalue weighted by atomic mass is 32.2. The van der Waals surface area contributed by atoms with Crippen molar-refractivity contribution in [3.8, 4) is 0 Å². The molecule has 2 saturated heterocycles. The number of nitrogens with one attached hydrogen (secondary N) is 1. The van der Waals surface area contributed by atoms with Gasteiger partial charge in [-0.05, 0) is 68.4 Å². The van der Waals surface area contributed by atoms with Crippen LogP contribution in [0.15, 0.2) is 53.4 Å². The molecule has 0 aromatic heterocycles. The number of anilines is 2. The summed E-state index contributed by atoms with van der Waals surface area (Å²) in [7, 11) is -1.38. The van der Waals surface area contributed by atoms with E-state index in [2.05, 4.69) is 22.2 Å². The number of carbonyl (C=O) groups excluding carboxylic acids is 1. The highest BCUT2D eigenvalue weighted by Crippen LogP contribution is 2.22. The number of amides is 1. The van der Waals surface area contributed by atoms with E-state index in [-0.39, 0.29) is 10.8 Å². The minimum atomic E-state index is -3.51. The van der Waals surface area contributed by atoms with Crippen LogP contribution in [0.5, 0.6) is 0 Å². The van der Waals surface area contributed by atoms with Gasteiger partial charge in [0.1, 0.15) is 0 Å². The first-order chi connectivity index (χ1) is 15.4. The van der Waals surface area contributed by atoms with Crippen LogP contribution < -0.4 is 10.2 Å². The Hall–Kier alpha value is -2.42. The highest BCUT2D eigenvalue weighted by Gasteiger charge is 2.25. The van der Waals surface area contributed by atoms with Gasteiger partial charge in [0.05, 0.1) is 4.90 Å². The summed E-state index contributed by atoms with van der Waals surface area (Å²) in [6, 6.07) is 14.1. The molecule has 4 rings (SSSR count). The molecule has 1 N–H and O–H groups in total. The van der Waals surface area contributed by atoms with Gasteiger partial charge >= 0.3 is 0 Å². The maximum Gasteiger partial charge on any atom is 0.255 e. The number of hydrogen-bond acceptors (Lipinski definition) is 5. The second-order valence-corrected chi connectivity index (χ2v) is 10.6. The molecule has 0 bridgehead atoms. The summed E-state index contributed by atoms with van der Waals surface area (Å²) in [6.45, 7) is 5.21. The van der Waals surface area contributed by atoms with E-state index >= 15 is 0 Å². The third-order valence-electron chi connectivity index (χ3n) is 6.31. The van der Waals surface area contributed by atoms with Crippen LogP contribution in [0.4, 0.5) is 11.4 Å². The fourth-order valence-corrected chi connectivity index (χ4v) is 5.75. The summed E-state index contributed by atoms with van der Waals surface area (Å²) < 4.78 is 27.4. The summed E-state index contributed by atoms with van der Waals surface area (Å²) in [4.78, 5) is 17.6. The van der Waals surface area contributed by atoms with Gasteiger partial charge in [-0.25, -0.2) is 8.42 Å². The second-order valence-electron chi connectivity index (χ2n) is 8.63. The first kappa shape index (κ1) is 22.8. The van der Waals surface area contributed by atoms with Crippen molar-refractivity contribution in [3.05, 3.63) is 54.1 Å². The maximum atomic E-state index is 12.9. The van der Waals surface area contributed by atoms with Crippen LogP contribution in [-0.4, -0.2) is 69.8 Å². The van der Waals surface area contributed by atoms with E-state index in [1.165, 1.54) is 12.1 Å². The normalized spacial score (nSPS) is 18.8. The number of hydrogen-bond donors (Lipinski definition) is 1. The Morgan fingerprint density at radius 1 is 0.781 bits per heavy atom. The third kappa shape index (κ3) is 5.31. The number of carbonyl (C=O) groups is 1. The average Bonchev–Trinajstić information content (AvgIpc) is 3.11. The van der Waals surface area contributed by atoms with Crippen LogP contribution in [0.25, 0.3) is 0 Å². The molecule has 2 aromatic rings. The monoisotopic (exact) mass is 456 g/mol. The predicted octanol–water partition coefficient (Wildman–Crippen LogP) is 3.26. The van der Waals surface area contributed by atoms with Gasteiger partial charge in [-0.3, -0.25) is 4.79 Å². The molecule has 8 heteroatoms. The van der Waals surface area contributed by atoms with E-state index in [0.717, 1.165) is 57.5 Å². The molecule has 0 atom stereocenters. The Bertz CT molecular complexity index is 1010. The van der Waals surface area contributed by atoms with E-state index in [1.807, 2.05) is 24.3 Å². The molecular formula is C24H32N4O3S. The van der Waals surface area contributed by atoms with Crippen LogP contribution in [0.2, 0.25) is 0 Å². The van der Waals surface area contributed by atoms with Crippen LogP contribution in [0.1, 0.15) is 36.0 Å². The fraction of sp³-hybridized carbons (Fsp3) is 0.458. The van der Waals surface area contributed by atoms with Crippen molar-refractivity contribution < 1.29 is 13.2 Å². The third-order valence-corrected chi connectivity index (χ3v) is 8.23. The minimum Gasteiger partial charge on any atom is -0.369 e. The number of likely N-dealkylation sites (N-methyl/N-ethyl adjacent to an activating group) is 1. The summed E-state index contributed by atoms with van der Waals surface area (Å²) in [6.07, 6.45) is 3.93. The van der Waals surface area contributed by atoms with E-state index in [0.29, 0.717) is 24.3 Å². The molecule has 0 spiro atoms. The average molecular weight is 457 g/mol. The fourth-order valence-electron chi connectivity index (χ4n) is 4.23. The summed E-state index contributed by atoms with van der Waals surface area (Å²) in [5.74, 6) is -0.254. The molecule has 2 aliphatic heterocycles. The van der Waals surface area contributed by atoms with Gasteiger partial charge in [0.2, 0.25) is 10.0 Å². The molecule has 1 amide bonds. The number of nitrogens with zero attached hydrogens (tertiary/aromatic N) is 3. The molecule has 2 fully saturated rings. The van der Waals surface area contributed by atoms with Gasteiger partial charge in [0.15, 0.2) is 0 Å². The van der Waals surface area contributed by atoms with Crippen molar-refractivity contribution >= 4 is 27.3 Å². The van der Waals surface area contributed by atoms with E-state index < -0.39 is 10.0 Å². The van der Waals surface area contributed by atoms with Gasteiger partial charge in [-0.2, -0.15) is 4.31 Å². The van der Waals surface area contributed by atoms with Gasteiger partial charge in [-0.15, -0.1) is 0 Å². The molecule has 0 aliphatic carbocycles. The smallest absolute Gasteiger partial charge is 0.255 e. The Kier molecular flexibility index (Phi) is 7.13. The molecule has 0 radical (unpaired) electrons. The van der Waals surface area contributed by atoms with Crippen LogP contribution in [-0.2, 0) is 10.0 Å². The zero-order chi connectivity index (χ0) is 22.6. The van der Waals surface area contributed by atoms with Crippen molar-refractivity contribution in [3.63, 3.8) is 0 Å². The van der Waals surface area contributed by atoms with Gasteiger partial charge in [-0.1, -0.05) is 12.8 Å². The van der Waals surface area contributed by atoms with Crippen molar-refractivity contribution in [2.45, 2.75) is 30.6 Å². The molecule has 2 aromatic carbocycles. The standard InChI is InChI=1S/C24H32N4O3S/c1-26-16-18-27(19-17-26)22-10-8-21(9-11-22)25-24(29)20-6-12-23(13-7-20)32(30,31)28-14-4-2-3-5-15-28/h6-13H,2-5,14-19H2,1H3,(H,25,29). The molecular weight excluding hydrogens is 424 g/mol. The van der Waals surface area contributed by atoms with Crippen LogP contribution in [0.3, 0.4) is 0 Å². The van der Waals surface area contributed by atoms with Crippen molar-refractivity contribution in [1.29, 1.82) is 0 Å². The highest BCUT2D eigenvalue weighted by molar-refractivity contribution is 7.89. The van der Waals surface area contributed by atoms with Gasteiger partial charge in [0, 0.05) is 56.2 Å². The Morgan fingerprint density at radius 3 is 1.97 bits per heavy atom. The first-order valence-corrected chi connectivity index (χ1v) is 12.8. The van der Waals surface area contributed by atoms with Crippen molar-refractivity contribution in [2.24, 2.45) is 0 Å². The van der Waals surface area contributed by atoms with E-state index in [4.69, 9.17) is 0 Å². The molecule has 2 aliphatic rings. The lowest BCUT2D eigenvalue weighted by atomic mass is 10.2. The quantitative estimate of drug-likeness (QED) is 0.748. The van der Waals surface area contributed by atoms with Crippen LogP contribution >= 0.6 is 0 Å². The van der Waals surface area contributed by atoms with E-state index in [9.17, 15) is 13.2 Å². The topological polar surface area (TPSA) is 73.0 Å². The molecule has 7 nitrogen and oxygen atoms in total. The van der Waals surface area contributed by atoms with Crippen molar-refractivity contribution in [1.82, 2.24) is 9.21 Å². The summed E-state index contributed by atoms with van der Waals surface area (Å²) in [5.41, 5.74) is 2.30. The number of benzene rings is 2. The van der Waals surface area contributed by atoms with Crippen LogP contribution in [0, 0.1) is 0 Å². The Morgan fingerprint density at radius 2 is 1.38 bits per heavy atom. The molecule has 172 valence electrons.